The molecule has 4 nitrogen and oxygen atoms in total. The third-order valence-corrected chi connectivity index (χ3v) is 3.69. The number of hydrogen-bond acceptors (Lipinski definition) is 5. The van der Waals surface area contributed by atoms with Crippen LogP contribution < -0.4 is 5.32 Å². The number of aromatic nitrogens is 2. The van der Waals surface area contributed by atoms with Crippen molar-refractivity contribution >= 4 is 11.3 Å². The Labute approximate surface area is 121 Å². The molecule has 1 aromatic carbocycles. The van der Waals surface area contributed by atoms with Crippen LogP contribution in [0.5, 0.6) is 0 Å². The van der Waals surface area contributed by atoms with Crippen molar-refractivity contribution in [2.75, 3.05) is 0 Å². The van der Waals surface area contributed by atoms with Crippen LogP contribution in [0.4, 0.5) is 0 Å². The van der Waals surface area contributed by atoms with E-state index < -0.39 is 0 Å². The fourth-order valence-corrected chi connectivity index (χ4v) is 2.67. The number of nitrogens with zero attached hydrogens (tertiary/aromatic N) is 2. The first-order chi connectivity index (χ1) is 9.81. The number of nitrogens with one attached hydrogen (secondary N) is 1. The van der Waals surface area contributed by atoms with Gasteiger partial charge in [0.25, 0.3) is 0 Å². The highest BCUT2D eigenvalue weighted by Crippen LogP contribution is 2.21. The average molecular weight is 285 g/mol. The maximum absolute atomic E-state index is 5.41. The van der Waals surface area contributed by atoms with E-state index in [1.807, 2.05) is 25.1 Å². The van der Waals surface area contributed by atoms with Crippen LogP contribution in [0, 0.1) is 6.92 Å². The zero-order chi connectivity index (χ0) is 13.8. The van der Waals surface area contributed by atoms with Crippen LogP contribution in [0.3, 0.4) is 0 Å². The molecule has 5 heteroatoms. The second-order valence-electron chi connectivity index (χ2n) is 4.46. The summed E-state index contributed by atoms with van der Waals surface area (Å²) >= 11 is 1.66. The first-order valence-corrected chi connectivity index (χ1v) is 7.31. The minimum atomic E-state index is 0.619. The molecular weight excluding hydrogens is 270 g/mol. The summed E-state index contributed by atoms with van der Waals surface area (Å²) in [7, 11) is 0. The molecule has 0 saturated carbocycles. The molecule has 0 aliphatic carbocycles. The Morgan fingerprint density at radius 1 is 1.20 bits per heavy atom. The largest absolute Gasteiger partial charge is 0.445 e. The van der Waals surface area contributed by atoms with Gasteiger partial charge in [-0.05, 0) is 6.92 Å². The summed E-state index contributed by atoms with van der Waals surface area (Å²) in [6, 6.07) is 10.2. The predicted molar refractivity (Wildman–Crippen MR) is 79.3 cm³/mol. The van der Waals surface area contributed by atoms with Gasteiger partial charge in [0.05, 0.1) is 18.4 Å². The van der Waals surface area contributed by atoms with Crippen LogP contribution in [-0.2, 0) is 13.1 Å². The van der Waals surface area contributed by atoms with Crippen LogP contribution >= 0.6 is 11.3 Å². The van der Waals surface area contributed by atoms with Crippen LogP contribution in [0.15, 0.2) is 46.3 Å². The van der Waals surface area contributed by atoms with Gasteiger partial charge in [0, 0.05) is 17.5 Å². The third-order valence-electron chi connectivity index (χ3n) is 2.84. The molecule has 0 unspecified atom stereocenters. The lowest BCUT2D eigenvalue weighted by atomic mass is 10.2. The zero-order valence-electron chi connectivity index (χ0n) is 11.2. The van der Waals surface area contributed by atoms with Crippen molar-refractivity contribution in [1.29, 1.82) is 0 Å². The number of rotatable bonds is 5. The quantitative estimate of drug-likeness (QED) is 0.780. The molecule has 3 aromatic rings. The second kappa shape index (κ2) is 5.98. The van der Waals surface area contributed by atoms with E-state index in [2.05, 4.69) is 32.8 Å². The lowest BCUT2D eigenvalue weighted by Gasteiger charge is -1.98. The number of oxazole rings is 1. The Bertz CT molecular complexity index is 675. The van der Waals surface area contributed by atoms with Gasteiger partial charge in [0.1, 0.15) is 10.8 Å². The van der Waals surface area contributed by atoms with E-state index in [9.17, 15) is 0 Å². The molecule has 0 saturated heterocycles. The van der Waals surface area contributed by atoms with E-state index in [1.54, 1.807) is 17.5 Å². The van der Waals surface area contributed by atoms with E-state index in [4.69, 9.17) is 4.42 Å². The minimum Gasteiger partial charge on any atom is -0.445 e. The van der Waals surface area contributed by atoms with E-state index in [0.29, 0.717) is 12.4 Å². The normalized spacial score (nSPS) is 10.8. The van der Waals surface area contributed by atoms with Crippen molar-refractivity contribution in [2.45, 2.75) is 20.0 Å². The summed E-state index contributed by atoms with van der Waals surface area (Å²) in [5.41, 5.74) is 2.18. The van der Waals surface area contributed by atoms with Crippen molar-refractivity contribution in [3.63, 3.8) is 0 Å². The SMILES string of the molecule is Cc1cnc(CNCc2nc(-c3ccccc3)cs2)o1. The van der Waals surface area contributed by atoms with Gasteiger partial charge in [-0.1, -0.05) is 30.3 Å². The van der Waals surface area contributed by atoms with Crippen molar-refractivity contribution < 1.29 is 4.42 Å². The van der Waals surface area contributed by atoms with E-state index in [-0.39, 0.29) is 0 Å². The lowest BCUT2D eigenvalue weighted by Crippen LogP contribution is -2.12. The Morgan fingerprint density at radius 3 is 2.80 bits per heavy atom. The molecule has 0 aliphatic heterocycles. The van der Waals surface area contributed by atoms with Crippen molar-refractivity contribution in [3.8, 4) is 11.3 Å². The fourth-order valence-electron chi connectivity index (χ4n) is 1.89. The van der Waals surface area contributed by atoms with Gasteiger partial charge in [-0.3, -0.25) is 0 Å². The average Bonchev–Trinajstić information content (AvgIpc) is 3.09. The van der Waals surface area contributed by atoms with Crippen molar-refractivity contribution in [1.82, 2.24) is 15.3 Å². The van der Waals surface area contributed by atoms with Crippen molar-refractivity contribution in [2.24, 2.45) is 0 Å². The highest BCUT2D eigenvalue weighted by molar-refractivity contribution is 7.09. The number of aryl methyl sites for hydroxylation is 1. The highest BCUT2D eigenvalue weighted by Gasteiger charge is 2.05. The molecule has 0 radical (unpaired) electrons. The molecule has 0 bridgehead atoms. The van der Waals surface area contributed by atoms with Gasteiger partial charge in [-0.25, -0.2) is 9.97 Å². The van der Waals surface area contributed by atoms with Crippen LogP contribution in [0.2, 0.25) is 0 Å². The monoisotopic (exact) mass is 285 g/mol. The summed E-state index contributed by atoms with van der Waals surface area (Å²) in [4.78, 5) is 8.78. The molecule has 20 heavy (non-hydrogen) atoms. The van der Waals surface area contributed by atoms with E-state index >= 15 is 0 Å². The molecule has 0 atom stereocenters. The minimum absolute atomic E-state index is 0.619. The van der Waals surface area contributed by atoms with E-state index in [1.165, 1.54) is 0 Å². The predicted octanol–water partition coefficient (Wildman–Crippen LogP) is 3.40. The molecule has 0 aliphatic rings. The summed E-state index contributed by atoms with van der Waals surface area (Å²) < 4.78 is 5.41. The lowest BCUT2D eigenvalue weighted by molar-refractivity contribution is 0.449. The molecule has 3 rings (SSSR count). The second-order valence-corrected chi connectivity index (χ2v) is 5.40. The Morgan fingerprint density at radius 2 is 2.05 bits per heavy atom. The van der Waals surface area contributed by atoms with Crippen LogP contribution in [0.1, 0.15) is 16.7 Å². The Kier molecular flexibility index (Phi) is 3.90. The molecule has 102 valence electrons. The standard InChI is InChI=1S/C15H15N3OS/c1-11-7-17-14(19-11)8-16-9-15-18-13(10-20-15)12-5-3-2-4-6-12/h2-7,10,16H,8-9H2,1H3. The zero-order valence-corrected chi connectivity index (χ0v) is 12.0. The molecule has 2 aromatic heterocycles. The highest BCUT2D eigenvalue weighted by atomic mass is 32.1. The number of benzene rings is 1. The first-order valence-electron chi connectivity index (χ1n) is 6.43. The fraction of sp³-hybridized carbons (Fsp3) is 0.200. The summed E-state index contributed by atoms with van der Waals surface area (Å²) in [5.74, 6) is 1.55. The molecule has 0 fully saturated rings. The van der Waals surface area contributed by atoms with Gasteiger partial charge in [0.15, 0.2) is 0 Å². The van der Waals surface area contributed by atoms with E-state index in [0.717, 1.165) is 28.6 Å². The molecule has 0 spiro atoms. The topological polar surface area (TPSA) is 51.0 Å². The Balaban J connectivity index is 1.58. The van der Waals surface area contributed by atoms with Crippen LogP contribution in [0.25, 0.3) is 11.3 Å². The molecular formula is C15H15N3OS. The van der Waals surface area contributed by atoms with Gasteiger partial charge in [0.2, 0.25) is 5.89 Å². The Hall–Kier alpha value is -1.98. The molecule has 2 heterocycles. The smallest absolute Gasteiger partial charge is 0.208 e. The molecule has 1 N–H and O–H groups in total. The van der Waals surface area contributed by atoms with Gasteiger partial charge >= 0.3 is 0 Å². The third kappa shape index (κ3) is 3.12. The summed E-state index contributed by atoms with van der Waals surface area (Å²) in [6.07, 6.45) is 1.73. The number of thiazole rings is 1. The van der Waals surface area contributed by atoms with Gasteiger partial charge < -0.3 is 9.73 Å². The first kappa shape index (κ1) is 13.0. The maximum Gasteiger partial charge on any atom is 0.208 e. The maximum atomic E-state index is 5.41. The number of hydrogen-bond donors (Lipinski definition) is 1. The molecule has 0 amide bonds. The van der Waals surface area contributed by atoms with Gasteiger partial charge in [-0.15, -0.1) is 11.3 Å². The summed E-state index contributed by atoms with van der Waals surface area (Å²) in [5, 5.41) is 6.43. The van der Waals surface area contributed by atoms with Gasteiger partial charge in [-0.2, -0.15) is 0 Å². The van der Waals surface area contributed by atoms with Crippen LogP contribution in [-0.4, -0.2) is 9.97 Å². The van der Waals surface area contributed by atoms with Crippen molar-refractivity contribution in [3.05, 3.63) is 58.6 Å². The summed E-state index contributed by atoms with van der Waals surface area (Å²) in [6.45, 7) is 3.23.